The van der Waals surface area contributed by atoms with Crippen LogP contribution >= 0.6 is 11.6 Å². The van der Waals surface area contributed by atoms with Gasteiger partial charge in [0.25, 0.3) is 5.71 Å². The molecule has 2 heterocycles. The van der Waals surface area contributed by atoms with Crippen molar-refractivity contribution in [2.75, 3.05) is 6.61 Å². The molecule has 0 atom stereocenters. The lowest BCUT2D eigenvalue weighted by Gasteiger charge is -2.21. The molecule has 2 aromatic carbocycles. The van der Waals surface area contributed by atoms with Crippen molar-refractivity contribution in [1.82, 2.24) is 15.0 Å². The van der Waals surface area contributed by atoms with Gasteiger partial charge in [-0.15, -0.1) is 0 Å². The number of benzene rings is 2. The summed E-state index contributed by atoms with van der Waals surface area (Å²) in [7, 11) is 0. The smallest absolute Gasteiger partial charge is 0.325 e. The largest absolute Gasteiger partial charge is 0.492 e. The first kappa shape index (κ1) is 22.5. The summed E-state index contributed by atoms with van der Waals surface area (Å²) in [6, 6.07) is 10.8. The van der Waals surface area contributed by atoms with Gasteiger partial charge in [-0.05, 0) is 69.2 Å². The van der Waals surface area contributed by atoms with Gasteiger partial charge in [0.15, 0.2) is 0 Å². The monoisotopic (exact) mass is 467 g/mol. The van der Waals surface area contributed by atoms with Crippen molar-refractivity contribution in [1.29, 1.82) is 0 Å². The molecule has 0 radical (unpaired) electrons. The lowest BCUT2D eigenvalue weighted by Crippen LogP contribution is -2.30. The zero-order valence-corrected chi connectivity index (χ0v) is 19.3. The molecular weight excluding hydrogens is 446 g/mol. The van der Waals surface area contributed by atoms with Gasteiger partial charge in [-0.2, -0.15) is 4.98 Å². The number of carboxylic acid groups (broad SMARTS) is 1. The minimum absolute atomic E-state index is 0.0528. The first-order chi connectivity index (χ1) is 15.6. The summed E-state index contributed by atoms with van der Waals surface area (Å²) in [5.74, 6) is 0.610. The van der Waals surface area contributed by atoms with Crippen LogP contribution in [0.2, 0.25) is 5.02 Å². The van der Waals surface area contributed by atoms with Crippen molar-refractivity contribution >= 4 is 28.8 Å². The van der Waals surface area contributed by atoms with Gasteiger partial charge >= 0.3 is 12.0 Å². The fourth-order valence-electron chi connectivity index (χ4n) is 3.14. The lowest BCUT2D eigenvalue weighted by atomic mass is 9.95. The van der Waals surface area contributed by atoms with E-state index in [9.17, 15) is 9.90 Å². The van der Waals surface area contributed by atoms with Gasteiger partial charge in [-0.25, -0.2) is 9.97 Å². The zero-order valence-electron chi connectivity index (χ0n) is 18.5. The molecule has 0 unspecified atom stereocenters. The van der Waals surface area contributed by atoms with Crippen LogP contribution in [0.25, 0.3) is 22.7 Å². The highest BCUT2D eigenvalue weighted by Gasteiger charge is 2.28. The highest BCUT2D eigenvalue weighted by atomic mass is 35.5. The van der Waals surface area contributed by atoms with Gasteiger partial charge in [-0.3, -0.25) is 4.79 Å². The molecular formula is C24H22ClN3O5. The second-order valence-electron chi connectivity index (χ2n) is 8.34. The predicted molar refractivity (Wildman–Crippen MR) is 123 cm³/mol. The molecule has 8 nitrogen and oxygen atoms in total. The van der Waals surface area contributed by atoms with Gasteiger partial charge in [0.2, 0.25) is 5.89 Å². The molecule has 4 rings (SSSR count). The number of hydrogen-bond donors (Lipinski definition) is 1. The number of carbonyl (C=O) groups is 1. The Bertz CT molecular complexity index is 1330. The molecule has 9 heteroatoms. The van der Waals surface area contributed by atoms with Crippen LogP contribution in [0.3, 0.4) is 0 Å². The van der Waals surface area contributed by atoms with Crippen LogP contribution in [-0.2, 0) is 4.79 Å². The summed E-state index contributed by atoms with van der Waals surface area (Å²) in [6.45, 7) is 7.07. The molecule has 0 saturated carbocycles. The normalized spacial score (nSPS) is 11.5. The van der Waals surface area contributed by atoms with Crippen LogP contribution in [0.4, 0.5) is 0 Å². The minimum atomic E-state index is -0.999. The van der Waals surface area contributed by atoms with Crippen molar-refractivity contribution in [3.8, 4) is 29.0 Å². The number of aromatic nitrogens is 3. The molecule has 2 aromatic heterocycles. The summed E-state index contributed by atoms with van der Waals surface area (Å²) < 4.78 is 17.4. The molecule has 0 saturated heterocycles. The van der Waals surface area contributed by atoms with Crippen molar-refractivity contribution in [3.63, 3.8) is 0 Å². The van der Waals surface area contributed by atoms with Crippen LogP contribution in [0, 0.1) is 19.3 Å². The molecule has 33 heavy (non-hydrogen) atoms. The molecule has 0 aliphatic heterocycles. The van der Waals surface area contributed by atoms with E-state index in [0.717, 1.165) is 16.7 Å². The first-order valence-corrected chi connectivity index (χ1v) is 10.5. The summed E-state index contributed by atoms with van der Waals surface area (Å²) in [6.07, 6.45) is 1.53. The summed E-state index contributed by atoms with van der Waals surface area (Å²) in [4.78, 5) is 24.3. The number of halogens is 1. The SMILES string of the molecule is Cc1cc(-c2nc3cnc(Oc4cccc(Cl)c4)nc3o2)cc(C)c1OCC(C)(C)C(=O)O. The van der Waals surface area contributed by atoms with E-state index in [2.05, 4.69) is 15.0 Å². The fraction of sp³-hybridized carbons (Fsp3) is 0.250. The molecule has 0 amide bonds. The number of nitrogens with zero attached hydrogens (tertiary/aromatic N) is 3. The molecule has 4 aromatic rings. The Hall–Kier alpha value is -3.65. The topological polar surface area (TPSA) is 108 Å². The average Bonchev–Trinajstić information content (AvgIpc) is 3.16. The summed E-state index contributed by atoms with van der Waals surface area (Å²) >= 11 is 5.99. The molecule has 1 N–H and O–H groups in total. The van der Waals surface area contributed by atoms with E-state index in [1.54, 1.807) is 38.1 Å². The third-order valence-electron chi connectivity index (χ3n) is 5.00. The van der Waals surface area contributed by atoms with Crippen LogP contribution in [0.5, 0.6) is 17.5 Å². The van der Waals surface area contributed by atoms with E-state index in [1.165, 1.54) is 6.20 Å². The molecule has 170 valence electrons. The van der Waals surface area contributed by atoms with Crippen LogP contribution in [0.15, 0.2) is 47.0 Å². The number of oxazole rings is 1. The highest BCUT2D eigenvalue weighted by Crippen LogP contribution is 2.33. The second-order valence-corrected chi connectivity index (χ2v) is 8.77. The van der Waals surface area contributed by atoms with Crippen LogP contribution < -0.4 is 9.47 Å². The fourth-order valence-corrected chi connectivity index (χ4v) is 3.32. The van der Waals surface area contributed by atoms with Gasteiger partial charge in [0.1, 0.15) is 23.6 Å². The molecule has 0 aliphatic carbocycles. The third kappa shape index (κ3) is 4.90. The Labute approximate surface area is 195 Å². The summed E-state index contributed by atoms with van der Waals surface area (Å²) in [5, 5.41) is 9.85. The van der Waals surface area contributed by atoms with Crippen molar-refractivity contribution in [3.05, 3.63) is 58.7 Å². The quantitative estimate of drug-likeness (QED) is 0.361. The summed E-state index contributed by atoms with van der Waals surface area (Å²) in [5.41, 5.74) is 2.19. The van der Waals surface area contributed by atoms with E-state index in [0.29, 0.717) is 27.9 Å². The van der Waals surface area contributed by atoms with Gasteiger partial charge in [-0.1, -0.05) is 17.7 Å². The van der Waals surface area contributed by atoms with Gasteiger partial charge in [0.05, 0.1) is 11.6 Å². The lowest BCUT2D eigenvalue weighted by molar-refractivity contribution is -0.148. The number of fused-ring (bicyclic) bond motifs is 1. The Morgan fingerprint density at radius 2 is 1.88 bits per heavy atom. The number of carboxylic acids is 1. The second kappa shape index (κ2) is 8.71. The highest BCUT2D eigenvalue weighted by molar-refractivity contribution is 6.30. The van der Waals surface area contributed by atoms with Crippen LogP contribution in [0.1, 0.15) is 25.0 Å². The number of ether oxygens (including phenoxy) is 2. The maximum atomic E-state index is 11.4. The Kier molecular flexibility index (Phi) is 5.95. The van der Waals surface area contributed by atoms with Crippen molar-refractivity contribution < 1.29 is 23.8 Å². The molecule has 0 spiro atoms. The molecule has 0 bridgehead atoms. The standard InChI is InChI=1S/C24H22ClN3O5/c1-13-8-15(9-14(2)19(13)31-12-24(3,4)22(29)30)20-27-18-11-26-23(28-21(18)33-20)32-17-7-5-6-16(25)10-17/h5-11H,12H2,1-4H3,(H,29,30). The maximum Gasteiger partial charge on any atom is 0.325 e. The number of rotatable bonds is 7. The van der Waals surface area contributed by atoms with Crippen molar-refractivity contribution in [2.45, 2.75) is 27.7 Å². The Balaban J connectivity index is 1.59. The average molecular weight is 468 g/mol. The van der Waals surface area contributed by atoms with E-state index in [-0.39, 0.29) is 18.3 Å². The predicted octanol–water partition coefficient (Wildman–Crippen LogP) is 5.84. The van der Waals surface area contributed by atoms with E-state index >= 15 is 0 Å². The Morgan fingerprint density at radius 3 is 2.55 bits per heavy atom. The third-order valence-corrected chi connectivity index (χ3v) is 5.23. The van der Waals surface area contributed by atoms with Crippen LogP contribution in [-0.4, -0.2) is 32.6 Å². The van der Waals surface area contributed by atoms with Gasteiger partial charge < -0.3 is 19.0 Å². The zero-order chi connectivity index (χ0) is 23.8. The van der Waals surface area contributed by atoms with E-state index in [1.807, 2.05) is 26.0 Å². The van der Waals surface area contributed by atoms with E-state index in [4.69, 9.17) is 25.5 Å². The Morgan fingerprint density at radius 1 is 1.15 bits per heavy atom. The molecule has 0 aliphatic rings. The number of aryl methyl sites for hydroxylation is 2. The number of aliphatic carboxylic acids is 1. The van der Waals surface area contributed by atoms with Crippen molar-refractivity contribution in [2.24, 2.45) is 5.41 Å². The molecule has 0 fully saturated rings. The minimum Gasteiger partial charge on any atom is -0.492 e. The first-order valence-electron chi connectivity index (χ1n) is 10.2. The number of hydrogen-bond acceptors (Lipinski definition) is 7. The van der Waals surface area contributed by atoms with Gasteiger partial charge in [0, 0.05) is 10.6 Å². The van der Waals surface area contributed by atoms with E-state index < -0.39 is 11.4 Å². The maximum absolute atomic E-state index is 11.4.